The average Bonchev–Trinajstić information content (AvgIpc) is 2.95. The highest BCUT2D eigenvalue weighted by molar-refractivity contribution is 7.09. The molecule has 1 aliphatic heterocycles. The first-order valence-corrected chi connectivity index (χ1v) is 8.15. The first kappa shape index (κ1) is 17.2. The molecule has 1 aromatic heterocycles. The van der Waals surface area contributed by atoms with Crippen LogP contribution in [0.2, 0.25) is 5.02 Å². The quantitative estimate of drug-likeness (QED) is 0.918. The van der Waals surface area contributed by atoms with Crippen molar-refractivity contribution in [2.45, 2.75) is 19.4 Å². The van der Waals surface area contributed by atoms with E-state index in [-0.39, 0.29) is 18.3 Å². The highest BCUT2D eigenvalue weighted by Crippen LogP contribution is 2.26. The number of nitrogens with zero attached hydrogens (tertiary/aromatic N) is 2. The second-order valence-electron chi connectivity index (χ2n) is 5.02. The summed E-state index contributed by atoms with van der Waals surface area (Å²) in [5, 5.41) is 3.53. The van der Waals surface area contributed by atoms with E-state index in [1.165, 1.54) is 11.3 Å². The third-order valence-corrected chi connectivity index (χ3v) is 4.89. The van der Waals surface area contributed by atoms with Crippen molar-refractivity contribution in [2.24, 2.45) is 5.73 Å². The number of thiazole rings is 1. The Morgan fingerprint density at radius 2 is 2.27 bits per heavy atom. The van der Waals surface area contributed by atoms with Crippen LogP contribution in [0.1, 0.15) is 26.6 Å². The fraction of sp³-hybridized carbons (Fsp3) is 0.333. The Labute approximate surface area is 144 Å². The molecule has 2 aromatic rings. The lowest BCUT2D eigenvalue weighted by molar-refractivity contribution is 0.0729. The van der Waals surface area contributed by atoms with Gasteiger partial charge in [-0.05, 0) is 30.2 Å². The number of amides is 1. The van der Waals surface area contributed by atoms with Gasteiger partial charge in [-0.15, -0.1) is 23.7 Å². The molecule has 22 heavy (non-hydrogen) atoms. The number of hydrogen-bond acceptors (Lipinski definition) is 4. The molecule has 0 unspecified atom stereocenters. The van der Waals surface area contributed by atoms with E-state index in [4.69, 9.17) is 17.3 Å². The van der Waals surface area contributed by atoms with E-state index in [9.17, 15) is 4.79 Å². The fourth-order valence-electron chi connectivity index (χ4n) is 2.55. The molecule has 118 valence electrons. The number of fused-ring (bicyclic) bond motifs is 1. The van der Waals surface area contributed by atoms with E-state index < -0.39 is 0 Å². The molecule has 0 bridgehead atoms. The number of carbonyl (C=O) groups is 1. The first-order valence-electron chi connectivity index (χ1n) is 6.89. The molecule has 3 rings (SSSR count). The lowest BCUT2D eigenvalue weighted by atomic mass is 9.99. The van der Waals surface area contributed by atoms with Crippen molar-refractivity contribution in [3.8, 4) is 0 Å². The number of nitrogens with two attached hydrogens (primary N) is 1. The summed E-state index contributed by atoms with van der Waals surface area (Å²) in [5.74, 6) is -0.0138. The molecule has 1 aliphatic rings. The van der Waals surface area contributed by atoms with Gasteiger partial charge in [0.1, 0.15) is 5.69 Å². The zero-order valence-corrected chi connectivity index (χ0v) is 14.3. The van der Waals surface area contributed by atoms with Gasteiger partial charge in [0, 0.05) is 29.9 Å². The van der Waals surface area contributed by atoms with E-state index in [1.807, 2.05) is 28.5 Å². The van der Waals surface area contributed by atoms with Crippen LogP contribution in [-0.4, -0.2) is 28.9 Å². The van der Waals surface area contributed by atoms with Crippen LogP contribution < -0.4 is 5.73 Å². The number of rotatable bonds is 3. The van der Waals surface area contributed by atoms with Crippen molar-refractivity contribution in [3.05, 3.63) is 50.4 Å². The third kappa shape index (κ3) is 3.43. The standard InChI is InChI=1S/C15H16ClN3OS.ClH/c16-12-3-1-2-10-8-19(7-5-11(10)12)15(20)13-9-21-14(18-13)4-6-17;/h1-3,9H,4-8,17H2;1H. The van der Waals surface area contributed by atoms with Crippen molar-refractivity contribution in [2.75, 3.05) is 13.1 Å². The zero-order valence-electron chi connectivity index (χ0n) is 11.9. The summed E-state index contributed by atoms with van der Waals surface area (Å²) >= 11 is 7.69. The predicted molar refractivity (Wildman–Crippen MR) is 92.0 cm³/mol. The Balaban J connectivity index is 0.00000176. The summed E-state index contributed by atoms with van der Waals surface area (Å²) in [6, 6.07) is 5.86. The van der Waals surface area contributed by atoms with E-state index in [1.54, 1.807) is 0 Å². The van der Waals surface area contributed by atoms with Gasteiger partial charge in [-0.3, -0.25) is 4.79 Å². The Morgan fingerprint density at radius 1 is 1.45 bits per heavy atom. The van der Waals surface area contributed by atoms with Crippen molar-refractivity contribution in [3.63, 3.8) is 0 Å². The van der Waals surface area contributed by atoms with Gasteiger partial charge < -0.3 is 10.6 Å². The Kier molecular flexibility index (Phi) is 5.81. The van der Waals surface area contributed by atoms with E-state index in [0.29, 0.717) is 25.3 Å². The van der Waals surface area contributed by atoms with Gasteiger partial charge in [0.25, 0.3) is 5.91 Å². The maximum Gasteiger partial charge on any atom is 0.273 e. The molecule has 0 saturated carbocycles. The summed E-state index contributed by atoms with van der Waals surface area (Å²) in [7, 11) is 0. The Hall–Kier alpha value is -1.14. The van der Waals surface area contributed by atoms with Crippen LogP contribution in [0.4, 0.5) is 0 Å². The van der Waals surface area contributed by atoms with Crippen molar-refractivity contribution in [1.82, 2.24) is 9.88 Å². The number of hydrogen-bond donors (Lipinski definition) is 1. The van der Waals surface area contributed by atoms with Gasteiger partial charge in [0.15, 0.2) is 0 Å². The zero-order chi connectivity index (χ0) is 14.8. The average molecular weight is 358 g/mol. The number of halogens is 2. The lowest BCUT2D eigenvalue weighted by Gasteiger charge is -2.28. The van der Waals surface area contributed by atoms with E-state index >= 15 is 0 Å². The number of benzene rings is 1. The monoisotopic (exact) mass is 357 g/mol. The SMILES string of the molecule is Cl.NCCc1nc(C(=O)N2CCc3c(Cl)cccc3C2)cs1. The maximum atomic E-state index is 12.5. The molecule has 0 fully saturated rings. The van der Waals surface area contributed by atoms with Gasteiger partial charge in [0.05, 0.1) is 5.01 Å². The van der Waals surface area contributed by atoms with Crippen LogP contribution in [0, 0.1) is 0 Å². The van der Waals surface area contributed by atoms with Gasteiger partial charge in [-0.1, -0.05) is 23.7 Å². The van der Waals surface area contributed by atoms with Crippen LogP contribution in [0.15, 0.2) is 23.6 Å². The molecule has 0 aliphatic carbocycles. The molecule has 1 amide bonds. The van der Waals surface area contributed by atoms with Crippen LogP contribution in [0.3, 0.4) is 0 Å². The van der Waals surface area contributed by atoms with Crippen molar-refractivity contribution in [1.29, 1.82) is 0 Å². The summed E-state index contributed by atoms with van der Waals surface area (Å²) in [6.07, 6.45) is 1.51. The fourth-order valence-corrected chi connectivity index (χ4v) is 3.62. The molecule has 2 heterocycles. The van der Waals surface area contributed by atoms with Crippen LogP contribution in [-0.2, 0) is 19.4 Å². The van der Waals surface area contributed by atoms with Crippen molar-refractivity contribution < 1.29 is 4.79 Å². The summed E-state index contributed by atoms with van der Waals surface area (Å²) in [6.45, 7) is 1.83. The van der Waals surface area contributed by atoms with E-state index in [2.05, 4.69) is 4.98 Å². The van der Waals surface area contributed by atoms with E-state index in [0.717, 1.165) is 34.0 Å². The number of aromatic nitrogens is 1. The molecule has 4 nitrogen and oxygen atoms in total. The van der Waals surface area contributed by atoms with Gasteiger partial charge in [0.2, 0.25) is 0 Å². The van der Waals surface area contributed by atoms with Gasteiger partial charge in [-0.2, -0.15) is 0 Å². The minimum absolute atomic E-state index is 0. The van der Waals surface area contributed by atoms with Crippen LogP contribution in [0.5, 0.6) is 0 Å². The topological polar surface area (TPSA) is 59.2 Å². The smallest absolute Gasteiger partial charge is 0.273 e. The Bertz CT molecular complexity index is 675. The minimum Gasteiger partial charge on any atom is -0.333 e. The molecule has 0 saturated heterocycles. The van der Waals surface area contributed by atoms with Crippen molar-refractivity contribution >= 4 is 41.3 Å². The minimum atomic E-state index is -0.0138. The number of carbonyl (C=O) groups excluding carboxylic acids is 1. The molecule has 0 atom stereocenters. The lowest BCUT2D eigenvalue weighted by Crippen LogP contribution is -2.36. The first-order chi connectivity index (χ1) is 10.2. The molecular formula is C15H17Cl2N3OS. The molecule has 2 N–H and O–H groups in total. The Morgan fingerprint density at radius 3 is 3.05 bits per heavy atom. The summed E-state index contributed by atoms with van der Waals surface area (Å²) < 4.78 is 0. The highest BCUT2D eigenvalue weighted by atomic mass is 35.5. The summed E-state index contributed by atoms with van der Waals surface area (Å²) in [4.78, 5) is 18.7. The predicted octanol–water partition coefficient (Wildman–Crippen LogP) is 2.92. The maximum absolute atomic E-state index is 12.5. The molecule has 1 aromatic carbocycles. The van der Waals surface area contributed by atoms with Crippen LogP contribution >= 0.6 is 35.3 Å². The van der Waals surface area contributed by atoms with Gasteiger partial charge >= 0.3 is 0 Å². The largest absolute Gasteiger partial charge is 0.333 e. The highest BCUT2D eigenvalue weighted by Gasteiger charge is 2.24. The molecule has 0 radical (unpaired) electrons. The normalized spacial score (nSPS) is 13.5. The summed E-state index contributed by atoms with van der Waals surface area (Å²) in [5.41, 5.74) is 8.32. The molecule has 0 spiro atoms. The molecule has 7 heteroatoms. The van der Waals surface area contributed by atoms with Crippen LogP contribution in [0.25, 0.3) is 0 Å². The second kappa shape index (κ2) is 7.42. The molecular weight excluding hydrogens is 341 g/mol. The second-order valence-corrected chi connectivity index (χ2v) is 6.37. The van der Waals surface area contributed by atoms with Gasteiger partial charge in [-0.25, -0.2) is 4.98 Å². The third-order valence-electron chi connectivity index (χ3n) is 3.63.